The summed E-state index contributed by atoms with van der Waals surface area (Å²) in [5.41, 5.74) is 11.5. The third-order valence-electron chi connectivity index (χ3n) is 3.68. The Morgan fingerprint density at radius 1 is 1.10 bits per heavy atom. The summed E-state index contributed by atoms with van der Waals surface area (Å²) in [5, 5.41) is 2.93. The van der Waals surface area contributed by atoms with Crippen LogP contribution in [0.4, 0.5) is 11.4 Å². The molecule has 1 aliphatic rings. The van der Waals surface area contributed by atoms with Crippen LogP contribution in [0.15, 0.2) is 40.1 Å². The maximum atomic E-state index is 11.5. The van der Waals surface area contributed by atoms with Crippen LogP contribution in [-0.4, -0.2) is 5.91 Å². The molecule has 0 aliphatic carbocycles. The van der Waals surface area contributed by atoms with Gasteiger partial charge in [0.15, 0.2) is 0 Å². The second-order valence-electron chi connectivity index (χ2n) is 5.47. The smallest absolute Gasteiger partial charge is 0.224 e. The molecule has 0 aromatic heterocycles. The second kappa shape index (κ2) is 5.45. The van der Waals surface area contributed by atoms with Gasteiger partial charge >= 0.3 is 0 Å². The highest BCUT2D eigenvalue weighted by atomic mass is 32.2. The summed E-state index contributed by atoms with van der Waals surface area (Å²) in [6.07, 6.45) is 1.30. The third-order valence-corrected chi connectivity index (χ3v) is 4.93. The number of aryl methyl sites for hydroxylation is 3. The molecule has 4 heteroatoms. The summed E-state index contributed by atoms with van der Waals surface area (Å²) in [7, 11) is 0. The molecule has 0 saturated heterocycles. The minimum atomic E-state index is 0.0785. The van der Waals surface area contributed by atoms with Crippen molar-refractivity contribution >= 4 is 29.0 Å². The van der Waals surface area contributed by atoms with E-state index >= 15 is 0 Å². The lowest BCUT2D eigenvalue weighted by molar-refractivity contribution is -0.116. The van der Waals surface area contributed by atoms with Crippen LogP contribution < -0.4 is 11.1 Å². The lowest BCUT2D eigenvalue weighted by Crippen LogP contribution is -2.19. The van der Waals surface area contributed by atoms with E-state index in [1.165, 1.54) is 16.0 Å². The summed E-state index contributed by atoms with van der Waals surface area (Å²) in [4.78, 5) is 13.7. The van der Waals surface area contributed by atoms with E-state index in [0.29, 0.717) is 6.42 Å². The number of hydrogen-bond donors (Lipinski definition) is 2. The number of nitrogen functional groups attached to an aromatic ring is 1. The molecule has 0 spiro atoms. The molecule has 0 radical (unpaired) electrons. The molecule has 0 atom stereocenters. The van der Waals surface area contributed by atoms with Crippen molar-refractivity contribution in [2.75, 3.05) is 11.1 Å². The SMILES string of the molecule is Cc1ccc(Sc2cc3c(cc2N)CCC(=O)N3)c(C)c1. The van der Waals surface area contributed by atoms with Crippen LogP contribution in [0.1, 0.15) is 23.1 Å². The van der Waals surface area contributed by atoms with Gasteiger partial charge in [-0.1, -0.05) is 29.5 Å². The zero-order valence-electron chi connectivity index (χ0n) is 12.2. The Morgan fingerprint density at radius 3 is 2.67 bits per heavy atom. The summed E-state index contributed by atoms with van der Waals surface area (Å²) in [6, 6.07) is 10.4. The maximum Gasteiger partial charge on any atom is 0.224 e. The summed E-state index contributed by atoms with van der Waals surface area (Å²) in [6.45, 7) is 4.19. The predicted octanol–water partition coefficient (Wildman–Crippen LogP) is 3.92. The number of carbonyl (C=O) groups is 1. The standard InChI is InChI=1S/C17H18N2OS/c1-10-3-5-15(11(2)7-10)21-16-9-14-12(8-13(16)18)4-6-17(20)19-14/h3,5,7-9H,4,6,18H2,1-2H3,(H,19,20). The number of rotatable bonds is 2. The van der Waals surface area contributed by atoms with Crippen molar-refractivity contribution in [1.82, 2.24) is 0 Å². The molecule has 0 unspecified atom stereocenters. The van der Waals surface area contributed by atoms with Crippen molar-refractivity contribution in [1.29, 1.82) is 0 Å². The Kier molecular flexibility index (Phi) is 3.64. The van der Waals surface area contributed by atoms with E-state index in [4.69, 9.17) is 5.73 Å². The van der Waals surface area contributed by atoms with Crippen LogP contribution in [0.25, 0.3) is 0 Å². The maximum absolute atomic E-state index is 11.5. The van der Waals surface area contributed by atoms with Gasteiger partial charge in [-0.25, -0.2) is 0 Å². The lowest BCUT2D eigenvalue weighted by atomic mass is 10.0. The fraction of sp³-hybridized carbons (Fsp3) is 0.235. The van der Waals surface area contributed by atoms with Gasteiger partial charge in [-0.15, -0.1) is 0 Å². The van der Waals surface area contributed by atoms with Crippen LogP contribution in [-0.2, 0) is 11.2 Å². The molecule has 1 aliphatic heterocycles. The van der Waals surface area contributed by atoms with Crippen molar-refractivity contribution in [3.8, 4) is 0 Å². The molecule has 1 heterocycles. The molecular formula is C17H18N2OS. The first-order chi connectivity index (χ1) is 10.0. The van der Waals surface area contributed by atoms with Crippen molar-refractivity contribution in [3.05, 3.63) is 47.0 Å². The number of amides is 1. The Labute approximate surface area is 128 Å². The highest BCUT2D eigenvalue weighted by molar-refractivity contribution is 7.99. The highest BCUT2D eigenvalue weighted by Gasteiger charge is 2.17. The van der Waals surface area contributed by atoms with Crippen LogP contribution >= 0.6 is 11.8 Å². The number of fused-ring (bicyclic) bond motifs is 1. The molecule has 21 heavy (non-hydrogen) atoms. The Balaban J connectivity index is 1.95. The average molecular weight is 298 g/mol. The number of carbonyl (C=O) groups excluding carboxylic acids is 1. The molecule has 1 amide bonds. The molecule has 0 fully saturated rings. The summed E-state index contributed by atoms with van der Waals surface area (Å²) >= 11 is 1.65. The second-order valence-corrected chi connectivity index (χ2v) is 6.55. The van der Waals surface area contributed by atoms with Crippen molar-refractivity contribution < 1.29 is 4.79 Å². The number of benzene rings is 2. The van der Waals surface area contributed by atoms with E-state index in [2.05, 4.69) is 37.4 Å². The molecule has 2 aromatic rings. The van der Waals surface area contributed by atoms with Gasteiger partial charge in [0.05, 0.1) is 0 Å². The summed E-state index contributed by atoms with van der Waals surface area (Å²) in [5.74, 6) is 0.0785. The Hall–Kier alpha value is -1.94. The normalized spacial score (nSPS) is 13.7. The van der Waals surface area contributed by atoms with Gasteiger partial charge in [-0.2, -0.15) is 0 Å². The zero-order valence-corrected chi connectivity index (χ0v) is 13.0. The molecule has 3 rings (SSSR count). The topological polar surface area (TPSA) is 55.1 Å². The highest BCUT2D eigenvalue weighted by Crippen LogP contribution is 2.38. The number of nitrogens with two attached hydrogens (primary N) is 1. The zero-order chi connectivity index (χ0) is 15.0. The first-order valence-electron chi connectivity index (χ1n) is 7.00. The van der Waals surface area contributed by atoms with Gasteiger partial charge in [-0.05, 0) is 49.6 Å². The minimum Gasteiger partial charge on any atom is -0.398 e. The fourth-order valence-corrected chi connectivity index (χ4v) is 3.49. The van der Waals surface area contributed by atoms with Gasteiger partial charge in [0.25, 0.3) is 0 Å². The van der Waals surface area contributed by atoms with Gasteiger partial charge in [0.2, 0.25) is 5.91 Å². The largest absolute Gasteiger partial charge is 0.398 e. The van der Waals surface area contributed by atoms with Gasteiger partial charge in [0.1, 0.15) is 0 Å². The van der Waals surface area contributed by atoms with Crippen molar-refractivity contribution in [2.24, 2.45) is 0 Å². The molecule has 0 saturated carbocycles. The minimum absolute atomic E-state index is 0.0785. The van der Waals surface area contributed by atoms with Crippen LogP contribution in [0, 0.1) is 13.8 Å². The van der Waals surface area contributed by atoms with Crippen LogP contribution in [0.5, 0.6) is 0 Å². The first-order valence-corrected chi connectivity index (χ1v) is 7.82. The third kappa shape index (κ3) is 2.90. The fourth-order valence-electron chi connectivity index (χ4n) is 2.55. The quantitative estimate of drug-likeness (QED) is 0.826. The average Bonchev–Trinajstić information content (AvgIpc) is 2.43. The first kappa shape index (κ1) is 14.0. The predicted molar refractivity (Wildman–Crippen MR) is 87.8 cm³/mol. The molecular weight excluding hydrogens is 280 g/mol. The van der Waals surface area contributed by atoms with E-state index < -0.39 is 0 Å². The lowest BCUT2D eigenvalue weighted by Gasteiger charge is -2.19. The Bertz CT molecular complexity index is 725. The van der Waals surface area contributed by atoms with Gasteiger partial charge < -0.3 is 11.1 Å². The summed E-state index contributed by atoms with van der Waals surface area (Å²) < 4.78 is 0. The van der Waals surface area contributed by atoms with E-state index in [1.54, 1.807) is 11.8 Å². The van der Waals surface area contributed by atoms with Crippen LogP contribution in [0.2, 0.25) is 0 Å². The molecule has 3 N–H and O–H groups in total. The number of hydrogen-bond acceptors (Lipinski definition) is 3. The van der Waals surface area contributed by atoms with Crippen molar-refractivity contribution in [2.45, 2.75) is 36.5 Å². The van der Waals surface area contributed by atoms with Crippen LogP contribution in [0.3, 0.4) is 0 Å². The molecule has 3 nitrogen and oxygen atoms in total. The van der Waals surface area contributed by atoms with E-state index in [1.807, 2.05) is 12.1 Å². The van der Waals surface area contributed by atoms with E-state index in [0.717, 1.165) is 28.3 Å². The molecule has 0 bridgehead atoms. The molecule has 108 valence electrons. The van der Waals surface area contributed by atoms with E-state index in [-0.39, 0.29) is 5.91 Å². The number of nitrogens with one attached hydrogen (secondary N) is 1. The Morgan fingerprint density at radius 2 is 1.90 bits per heavy atom. The molecule has 2 aromatic carbocycles. The van der Waals surface area contributed by atoms with Gasteiger partial charge in [-0.3, -0.25) is 4.79 Å². The van der Waals surface area contributed by atoms with E-state index in [9.17, 15) is 4.79 Å². The monoisotopic (exact) mass is 298 g/mol. The van der Waals surface area contributed by atoms with Gasteiger partial charge in [0, 0.05) is 27.6 Å². The van der Waals surface area contributed by atoms with Crippen molar-refractivity contribution in [3.63, 3.8) is 0 Å². The number of anilines is 2.